The van der Waals surface area contributed by atoms with Gasteiger partial charge in [-0.05, 0) is 18.1 Å². The van der Waals surface area contributed by atoms with Crippen LogP contribution in [-0.2, 0) is 13.6 Å². The number of rotatable bonds is 5. The molecule has 2 aromatic heterocycles. The molecule has 9 heteroatoms. The molecule has 0 saturated carbocycles. The van der Waals surface area contributed by atoms with Crippen LogP contribution >= 0.6 is 0 Å². The largest absolute Gasteiger partial charge is 0.392 e. The number of para-hydroxylation sites is 1. The highest BCUT2D eigenvalue weighted by Gasteiger charge is 2.36. The third kappa shape index (κ3) is 3.58. The van der Waals surface area contributed by atoms with Gasteiger partial charge in [0.2, 0.25) is 11.7 Å². The second-order valence-electron chi connectivity index (χ2n) is 7.88. The van der Waals surface area contributed by atoms with Crippen molar-refractivity contribution < 1.29 is 14.6 Å². The molecular weight excluding hydrogens is 398 g/mol. The first-order valence-electron chi connectivity index (χ1n) is 10.0. The molecule has 1 fully saturated rings. The van der Waals surface area contributed by atoms with Gasteiger partial charge in [-0.3, -0.25) is 15.0 Å². The Labute approximate surface area is 177 Å². The number of nitrogens with zero attached hydrogens (tertiary/aromatic N) is 5. The maximum atomic E-state index is 11.1. The standard InChI is InChI=1S/C22H21N5O4/c1-25-11-15(18-7-2-3-8-19(18)25)12-26-13-17(28)10-20(26)22-23-21(24-31-22)14-5-4-6-16(9-14)27(29)30/h2-9,11,17,20,28H,10,12-13H2,1H3/t17-,20+/m1/s1. The number of fused-ring (bicyclic) bond motifs is 1. The van der Waals surface area contributed by atoms with Gasteiger partial charge in [0.05, 0.1) is 17.1 Å². The van der Waals surface area contributed by atoms with E-state index in [-0.39, 0.29) is 11.7 Å². The van der Waals surface area contributed by atoms with E-state index in [2.05, 4.69) is 37.9 Å². The summed E-state index contributed by atoms with van der Waals surface area (Å²) >= 11 is 0. The number of aromatic nitrogens is 3. The number of hydrogen-bond acceptors (Lipinski definition) is 7. The van der Waals surface area contributed by atoms with Crippen LogP contribution in [-0.4, -0.2) is 42.3 Å². The minimum Gasteiger partial charge on any atom is -0.392 e. The smallest absolute Gasteiger partial charge is 0.270 e. The molecule has 158 valence electrons. The molecule has 9 nitrogen and oxygen atoms in total. The molecule has 0 spiro atoms. The number of nitro benzene ring substituents is 1. The molecule has 0 aliphatic carbocycles. The Morgan fingerprint density at radius 3 is 2.94 bits per heavy atom. The number of benzene rings is 2. The predicted molar refractivity (Wildman–Crippen MR) is 113 cm³/mol. The fourth-order valence-electron chi connectivity index (χ4n) is 4.33. The van der Waals surface area contributed by atoms with E-state index < -0.39 is 11.0 Å². The maximum absolute atomic E-state index is 11.1. The Bertz CT molecular complexity index is 1260. The zero-order valence-electron chi connectivity index (χ0n) is 16.9. The van der Waals surface area contributed by atoms with E-state index in [1.165, 1.54) is 17.5 Å². The number of nitro groups is 1. The first-order valence-corrected chi connectivity index (χ1v) is 10.0. The molecule has 5 rings (SSSR count). The van der Waals surface area contributed by atoms with Crippen LogP contribution in [0.3, 0.4) is 0 Å². The van der Waals surface area contributed by atoms with Gasteiger partial charge < -0.3 is 14.2 Å². The third-order valence-electron chi connectivity index (χ3n) is 5.78. The number of likely N-dealkylation sites (tertiary alicyclic amines) is 1. The molecule has 2 aromatic carbocycles. The lowest BCUT2D eigenvalue weighted by atomic mass is 10.1. The van der Waals surface area contributed by atoms with Gasteiger partial charge in [0.15, 0.2) is 0 Å². The van der Waals surface area contributed by atoms with Crippen molar-refractivity contribution in [1.82, 2.24) is 19.6 Å². The molecule has 1 saturated heterocycles. The van der Waals surface area contributed by atoms with Crippen LogP contribution in [0, 0.1) is 10.1 Å². The molecule has 0 bridgehead atoms. The molecule has 3 heterocycles. The zero-order valence-corrected chi connectivity index (χ0v) is 16.9. The van der Waals surface area contributed by atoms with E-state index in [9.17, 15) is 15.2 Å². The summed E-state index contributed by atoms with van der Waals surface area (Å²) in [4.78, 5) is 17.2. The normalized spacial score (nSPS) is 19.3. The Morgan fingerprint density at radius 1 is 1.26 bits per heavy atom. The van der Waals surface area contributed by atoms with Gasteiger partial charge in [-0.2, -0.15) is 4.98 Å². The molecular formula is C22H21N5O4. The van der Waals surface area contributed by atoms with E-state index in [0.717, 1.165) is 11.1 Å². The fourth-order valence-corrected chi connectivity index (χ4v) is 4.33. The number of aryl methyl sites for hydroxylation is 1. The average Bonchev–Trinajstić information content (AvgIpc) is 3.47. The Kier molecular flexibility index (Phi) is 4.76. The van der Waals surface area contributed by atoms with Gasteiger partial charge in [-0.1, -0.05) is 35.5 Å². The Balaban J connectivity index is 1.43. The van der Waals surface area contributed by atoms with Gasteiger partial charge in [0.25, 0.3) is 5.69 Å². The van der Waals surface area contributed by atoms with Crippen LogP contribution in [0.4, 0.5) is 5.69 Å². The molecule has 1 aliphatic rings. The fraction of sp³-hybridized carbons (Fsp3) is 0.273. The number of hydrogen-bond donors (Lipinski definition) is 1. The topological polar surface area (TPSA) is 110 Å². The van der Waals surface area contributed by atoms with Crippen LogP contribution in [0.1, 0.15) is 23.9 Å². The molecule has 0 unspecified atom stereocenters. The van der Waals surface area contributed by atoms with E-state index in [1.807, 2.05) is 19.2 Å². The minimum absolute atomic E-state index is 0.0299. The van der Waals surface area contributed by atoms with Crippen LogP contribution in [0.25, 0.3) is 22.3 Å². The van der Waals surface area contributed by atoms with Crippen molar-refractivity contribution in [1.29, 1.82) is 0 Å². The number of aliphatic hydroxyl groups is 1. The second-order valence-corrected chi connectivity index (χ2v) is 7.88. The lowest BCUT2D eigenvalue weighted by Gasteiger charge is -2.20. The molecule has 0 radical (unpaired) electrons. The number of β-amino-alcohol motifs (C(OH)–C–C–N with tert-alkyl or cyclic N) is 1. The van der Waals surface area contributed by atoms with Crippen molar-refractivity contribution in [2.24, 2.45) is 7.05 Å². The van der Waals surface area contributed by atoms with Gasteiger partial charge in [0, 0.05) is 54.9 Å². The van der Waals surface area contributed by atoms with Crippen LogP contribution in [0.15, 0.2) is 59.3 Å². The highest BCUT2D eigenvalue weighted by atomic mass is 16.6. The van der Waals surface area contributed by atoms with Crippen molar-refractivity contribution in [2.75, 3.05) is 6.54 Å². The molecule has 1 N–H and O–H groups in total. The summed E-state index contributed by atoms with van der Waals surface area (Å²) < 4.78 is 7.62. The van der Waals surface area contributed by atoms with Crippen molar-refractivity contribution >= 4 is 16.6 Å². The SMILES string of the molecule is Cn1cc(CN2C[C@H](O)C[C@H]2c2nc(-c3cccc([N+](=O)[O-])c3)no2)c2ccccc21. The Hall–Kier alpha value is -3.56. The van der Waals surface area contributed by atoms with Gasteiger partial charge in [-0.15, -0.1) is 0 Å². The molecule has 2 atom stereocenters. The van der Waals surface area contributed by atoms with E-state index in [0.29, 0.717) is 36.8 Å². The van der Waals surface area contributed by atoms with Crippen LogP contribution in [0.2, 0.25) is 0 Å². The van der Waals surface area contributed by atoms with Gasteiger partial charge in [0.1, 0.15) is 0 Å². The quantitative estimate of drug-likeness (QED) is 0.390. The van der Waals surface area contributed by atoms with E-state index >= 15 is 0 Å². The zero-order chi connectivity index (χ0) is 21.5. The van der Waals surface area contributed by atoms with Crippen molar-refractivity contribution in [3.63, 3.8) is 0 Å². The number of non-ortho nitro benzene ring substituents is 1. The van der Waals surface area contributed by atoms with E-state index in [4.69, 9.17) is 4.52 Å². The summed E-state index contributed by atoms with van der Waals surface area (Å²) in [7, 11) is 2.02. The average molecular weight is 419 g/mol. The van der Waals surface area contributed by atoms with Crippen molar-refractivity contribution in [3.8, 4) is 11.4 Å². The molecule has 31 heavy (non-hydrogen) atoms. The predicted octanol–water partition coefficient (Wildman–Crippen LogP) is 3.44. The Morgan fingerprint density at radius 2 is 2.10 bits per heavy atom. The summed E-state index contributed by atoms with van der Waals surface area (Å²) in [5.41, 5.74) is 2.80. The first-order chi connectivity index (χ1) is 15.0. The van der Waals surface area contributed by atoms with Crippen molar-refractivity contribution in [2.45, 2.75) is 25.1 Å². The van der Waals surface area contributed by atoms with E-state index in [1.54, 1.807) is 12.1 Å². The summed E-state index contributed by atoms with van der Waals surface area (Å²) in [6.45, 7) is 1.14. The maximum Gasteiger partial charge on any atom is 0.270 e. The summed E-state index contributed by atoms with van der Waals surface area (Å²) in [6.07, 6.45) is 2.10. The highest BCUT2D eigenvalue weighted by Crippen LogP contribution is 2.35. The molecule has 4 aromatic rings. The van der Waals surface area contributed by atoms with Gasteiger partial charge in [-0.25, -0.2) is 0 Å². The minimum atomic E-state index is -0.492. The second kappa shape index (κ2) is 7.60. The summed E-state index contributed by atoms with van der Waals surface area (Å²) in [5, 5.41) is 26.6. The molecule has 0 amide bonds. The monoisotopic (exact) mass is 419 g/mol. The van der Waals surface area contributed by atoms with Crippen molar-refractivity contribution in [3.05, 3.63) is 76.3 Å². The van der Waals surface area contributed by atoms with Crippen LogP contribution < -0.4 is 0 Å². The van der Waals surface area contributed by atoms with Gasteiger partial charge >= 0.3 is 0 Å². The summed E-state index contributed by atoms with van der Waals surface area (Å²) in [5.74, 6) is 0.698. The summed E-state index contributed by atoms with van der Waals surface area (Å²) in [6, 6.07) is 14.1. The molecule has 1 aliphatic heterocycles. The number of aliphatic hydroxyl groups excluding tert-OH is 1. The third-order valence-corrected chi connectivity index (χ3v) is 5.78. The van der Waals surface area contributed by atoms with Crippen LogP contribution in [0.5, 0.6) is 0 Å². The first kappa shape index (κ1) is 19.4. The lowest BCUT2D eigenvalue weighted by Crippen LogP contribution is -2.24. The highest BCUT2D eigenvalue weighted by molar-refractivity contribution is 5.83. The lowest BCUT2D eigenvalue weighted by molar-refractivity contribution is -0.384.